The van der Waals surface area contributed by atoms with Crippen molar-refractivity contribution in [2.45, 2.75) is 46.1 Å². The van der Waals surface area contributed by atoms with E-state index in [4.69, 9.17) is 4.74 Å². The second-order valence-corrected chi connectivity index (χ2v) is 5.59. The molecule has 1 fully saturated rings. The molecule has 0 aromatic rings. The van der Waals surface area contributed by atoms with Crippen LogP contribution in [0.15, 0.2) is 0 Å². The summed E-state index contributed by atoms with van der Waals surface area (Å²) in [4.78, 5) is 2.59. The van der Waals surface area contributed by atoms with Gasteiger partial charge >= 0.3 is 0 Å². The predicted molar refractivity (Wildman–Crippen MR) is 60.5 cm³/mol. The van der Waals surface area contributed by atoms with Gasteiger partial charge in [-0.15, -0.1) is 0 Å². The van der Waals surface area contributed by atoms with Crippen molar-refractivity contribution < 1.29 is 4.74 Å². The highest BCUT2D eigenvalue weighted by molar-refractivity contribution is 4.82. The molecule has 1 atom stereocenters. The summed E-state index contributed by atoms with van der Waals surface area (Å²) in [5, 5.41) is 0. The van der Waals surface area contributed by atoms with Crippen LogP contribution in [0.4, 0.5) is 0 Å². The van der Waals surface area contributed by atoms with Crippen LogP contribution in [0.5, 0.6) is 0 Å². The maximum absolute atomic E-state index is 5.14. The number of hydrogen-bond donors (Lipinski definition) is 0. The number of rotatable bonds is 4. The van der Waals surface area contributed by atoms with Crippen molar-refractivity contribution >= 4 is 0 Å². The highest BCUT2D eigenvalue weighted by Gasteiger charge is 2.27. The summed E-state index contributed by atoms with van der Waals surface area (Å²) < 4.78 is 5.14. The summed E-state index contributed by atoms with van der Waals surface area (Å²) in [6.45, 7) is 10.3. The topological polar surface area (TPSA) is 12.5 Å². The first-order chi connectivity index (χ1) is 6.53. The zero-order valence-corrected chi connectivity index (χ0v) is 10.2. The Morgan fingerprint density at radius 3 is 2.64 bits per heavy atom. The number of methoxy groups -OCH3 is 1. The zero-order chi connectivity index (χ0) is 10.6. The van der Waals surface area contributed by atoms with E-state index < -0.39 is 0 Å². The Labute approximate surface area is 88.6 Å². The Balaban J connectivity index is 2.35. The molecule has 1 unspecified atom stereocenters. The maximum Gasteiger partial charge on any atom is 0.0589 e. The van der Waals surface area contributed by atoms with Gasteiger partial charge in [0.15, 0.2) is 0 Å². The molecule has 0 aliphatic carbocycles. The van der Waals surface area contributed by atoms with E-state index in [0.29, 0.717) is 5.41 Å². The fourth-order valence-electron chi connectivity index (χ4n) is 2.34. The van der Waals surface area contributed by atoms with Crippen LogP contribution in [0, 0.1) is 5.41 Å². The second kappa shape index (κ2) is 5.13. The molecule has 2 heteroatoms. The smallest absolute Gasteiger partial charge is 0.0589 e. The van der Waals surface area contributed by atoms with Crippen molar-refractivity contribution in [3.63, 3.8) is 0 Å². The van der Waals surface area contributed by atoms with Gasteiger partial charge in [-0.05, 0) is 31.2 Å². The Bertz CT molecular complexity index is 162. The van der Waals surface area contributed by atoms with Crippen LogP contribution in [-0.2, 0) is 4.74 Å². The molecule has 0 amide bonds. The molecule has 0 N–H and O–H groups in total. The van der Waals surface area contributed by atoms with E-state index in [1.54, 1.807) is 7.11 Å². The third-order valence-electron chi connectivity index (χ3n) is 2.93. The minimum absolute atomic E-state index is 0.459. The molecule has 84 valence electrons. The number of likely N-dealkylation sites (tertiary alicyclic amines) is 1. The summed E-state index contributed by atoms with van der Waals surface area (Å²) in [7, 11) is 1.79. The average molecular weight is 199 g/mol. The Morgan fingerprint density at radius 2 is 2.07 bits per heavy atom. The van der Waals surface area contributed by atoms with Crippen LogP contribution in [0.25, 0.3) is 0 Å². The van der Waals surface area contributed by atoms with Crippen molar-refractivity contribution in [1.29, 1.82) is 0 Å². The van der Waals surface area contributed by atoms with Gasteiger partial charge in [-0.2, -0.15) is 0 Å². The summed E-state index contributed by atoms with van der Waals surface area (Å²) >= 11 is 0. The van der Waals surface area contributed by atoms with Gasteiger partial charge in [-0.3, -0.25) is 4.90 Å². The van der Waals surface area contributed by atoms with Gasteiger partial charge in [0.2, 0.25) is 0 Å². The van der Waals surface area contributed by atoms with Gasteiger partial charge in [0.05, 0.1) is 6.61 Å². The quantitative estimate of drug-likeness (QED) is 0.690. The molecule has 1 aliphatic rings. The molecule has 0 bridgehead atoms. The molecule has 14 heavy (non-hydrogen) atoms. The first-order valence-corrected chi connectivity index (χ1v) is 5.76. The summed E-state index contributed by atoms with van der Waals surface area (Å²) in [6, 6.07) is 0.796. The summed E-state index contributed by atoms with van der Waals surface area (Å²) in [5.74, 6) is 0. The van der Waals surface area contributed by atoms with E-state index >= 15 is 0 Å². The molecule has 1 saturated heterocycles. The lowest BCUT2D eigenvalue weighted by atomic mass is 9.87. The van der Waals surface area contributed by atoms with Crippen LogP contribution in [0.3, 0.4) is 0 Å². The molecule has 1 aliphatic heterocycles. The average Bonchev–Trinajstić information content (AvgIpc) is 2.45. The molecule has 0 saturated carbocycles. The molecule has 2 nitrogen and oxygen atoms in total. The van der Waals surface area contributed by atoms with Crippen molar-refractivity contribution in [3.05, 3.63) is 0 Å². The summed E-state index contributed by atoms with van der Waals surface area (Å²) in [6.07, 6.45) is 4.06. The Hall–Kier alpha value is -0.0800. The first kappa shape index (κ1) is 12.0. The number of nitrogens with zero attached hydrogens (tertiary/aromatic N) is 1. The molecule has 0 radical (unpaired) electrons. The fourth-order valence-corrected chi connectivity index (χ4v) is 2.34. The largest absolute Gasteiger partial charge is 0.383 e. The highest BCUT2D eigenvalue weighted by Crippen LogP contribution is 2.29. The highest BCUT2D eigenvalue weighted by atomic mass is 16.5. The molecular weight excluding hydrogens is 174 g/mol. The molecular formula is C12H25NO. The lowest BCUT2D eigenvalue weighted by Gasteiger charge is -2.30. The van der Waals surface area contributed by atoms with E-state index in [2.05, 4.69) is 25.7 Å². The van der Waals surface area contributed by atoms with E-state index in [-0.39, 0.29) is 0 Å². The Kier molecular flexibility index (Phi) is 4.39. The third kappa shape index (κ3) is 3.97. The normalized spacial score (nSPS) is 24.4. The minimum Gasteiger partial charge on any atom is -0.383 e. The molecule has 0 spiro atoms. The van der Waals surface area contributed by atoms with Crippen molar-refractivity contribution in [1.82, 2.24) is 4.90 Å². The van der Waals surface area contributed by atoms with Gasteiger partial charge < -0.3 is 4.74 Å². The molecule has 0 aromatic heterocycles. The third-order valence-corrected chi connectivity index (χ3v) is 2.93. The Morgan fingerprint density at radius 1 is 1.36 bits per heavy atom. The second-order valence-electron chi connectivity index (χ2n) is 5.59. The molecule has 1 rings (SSSR count). The van der Waals surface area contributed by atoms with Gasteiger partial charge in [0, 0.05) is 19.7 Å². The molecule has 1 heterocycles. The standard InChI is InChI=1S/C12H25NO/c1-12(2,3)10-11-6-5-7-13(11)8-9-14-4/h11H,5-10H2,1-4H3. The fraction of sp³-hybridized carbons (Fsp3) is 1.00. The minimum atomic E-state index is 0.459. The van der Waals surface area contributed by atoms with Gasteiger partial charge in [-0.1, -0.05) is 20.8 Å². The first-order valence-electron chi connectivity index (χ1n) is 5.76. The SMILES string of the molecule is COCCN1CCCC1CC(C)(C)C. The lowest BCUT2D eigenvalue weighted by molar-refractivity contribution is 0.125. The van der Waals surface area contributed by atoms with Crippen molar-refractivity contribution in [2.75, 3.05) is 26.8 Å². The monoisotopic (exact) mass is 199 g/mol. The van der Waals surface area contributed by atoms with Crippen LogP contribution in [0.2, 0.25) is 0 Å². The van der Waals surface area contributed by atoms with Crippen molar-refractivity contribution in [3.8, 4) is 0 Å². The van der Waals surface area contributed by atoms with Crippen LogP contribution in [-0.4, -0.2) is 37.7 Å². The van der Waals surface area contributed by atoms with Crippen molar-refractivity contribution in [2.24, 2.45) is 5.41 Å². The summed E-state index contributed by atoms with van der Waals surface area (Å²) in [5.41, 5.74) is 0.459. The van der Waals surface area contributed by atoms with Crippen LogP contribution < -0.4 is 0 Å². The van der Waals surface area contributed by atoms with Gasteiger partial charge in [0.1, 0.15) is 0 Å². The van der Waals surface area contributed by atoms with E-state index in [0.717, 1.165) is 19.2 Å². The zero-order valence-electron chi connectivity index (χ0n) is 10.2. The van der Waals surface area contributed by atoms with Crippen LogP contribution >= 0.6 is 0 Å². The molecule has 0 aromatic carbocycles. The lowest BCUT2D eigenvalue weighted by Crippen LogP contribution is -2.35. The van der Waals surface area contributed by atoms with Crippen LogP contribution in [0.1, 0.15) is 40.0 Å². The van der Waals surface area contributed by atoms with E-state index in [1.807, 2.05) is 0 Å². The van der Waals surface area contributed by atoms with Gasteiger partial charge in [0.25, 0.3) is 0 Å². The predicted octanol–water partition coefficient (Wildman–Crippen LogP) is 2.53. The van der Waals surface area contributed by atoms with E-state index in [1.165, 1.54) is 25.8 Å². The van der Waals surface area contributed by atoms with Gasteiger partial charge in [-0.25, -0.2) is 0 Å². The maximum atomic E-state index is 5.14. The number of ether oxygens (including phenoxy) is 1. The van der Waals surface area contributed by atoms with E-state index in [9.17, 15) is 0 Å². The number of hydrogen-bond acceptors (Lipinski definition) is 2.